The first-order valence-electron chi connectivity index (χ1n) is 13.3. The van der Waals surface area contributed by atoms with E-state index in [1.165, 1.54) is 6.92 Å². The van der Waals surface area contributed by atoms with Crippen molar-refractivity contribution >= 4 is 34.8 Å². The summed E-state index contributed by atoms with van der Waals surface area (Å²) in [6, 6.07) is 1.58. The van der Waals surface area contributed by atoms with Crippen LogP contribution in [0, 0.1) is 11.8 Å². The zero-order valence-electron chi connectivity index (χ0n) is 22.7. The maximum atomic E-state index is 13.7. The summed E-state index contributed by atoms with van der Waals surface area (Å²) in [4.78, 5) is 53.6. The van der Waals surface area contributed by atoms with Gasteiger partial charge in [-0.25, -0.2) is 0 Å². The number of aliphatic hydroxyl groups excluding tert-OH is 2. The van der Waals surface area contributed by atoms with Crippen LogP contribution >= 0.6 is 0 Å². The van der Waals surface area contributed by atoms with E-state index in [0.717, 1.165) is 24.2 Å². The largest absolute Gasteiger partial charge is 0.508 e. The quantitative estimate of drug-likeness (QED) is 0.274. The molecule has 2 fully saturated rings. The number of benzene rings is 1. The smallest absolute Gasteiger partial charge is 0.255 e. The van der Waals surface area contributed by atoms with Gasteiger partial charge in [0.2, 0.25) is 11.7 Å². The predicted molar refractivity (Wildman–Crippen MR) is 143 cm³/mol. The van der Waals surface area contributed by atoms with Crippen LogP contribution in [0.25, 0.3) is 5.76 Å². The van der Waals surface area contributed by atoms with Crippen molar-refractivity contribution < 1.29 is 39.6 Å². The highest BCUT2D eigenvalue weighted by Crippen LogP contribution is 2.53. The number of nitrogens with one attached hydrogen (secondary N) is 1. The second-order valence-electron chi connectivity index (χ2n) is 11.5. The van der Waals surface area contributed by atoms with E-state index in [-0.39, 0.29) is 48.1 Å². The van der Waals surface area contributed by atoms with Crippen LogP contribution in [0.5, 0.6) is 5.75 Å². The SMILES string of the molecule is CC(=O)N[C@@H]1CCN(Cc2cc(O)c3c(c2N(C)C)CC2C[C@H]4CC(=O)C(C(N)=O)=C(O)[C@@]4(O)C(=O)C2=C3O)C1. The molecule has 0 bridgehead atoms. The molecule has 4 atom stereocenters. The number of aliphatic hydroxyl groups is 3. The van der Waals surface area contributed by atoms with Crippen molar-refractivity contribution in [3.05, 3.63) is 39.7 Å². The number of carbonyl (C=O) groups is 4. The Bertz CT molecular complexity index is 1410. The lowest BCUT2D eigenvalue weighted by Crippen LogP contribution is -2.58. The van der Waals surface area contributed by atoms with Gasteiger partial charge in [-0.05, 0) is 42.4 Å². The Morgan fingerprint density at radius 1 is 1.20 bits per heavy atom. The number of ketones is 2. The van der Waals surface area contributed by atoms with Crippen LogP contribution in [-0.2, 0) is 32.1 Å². The van der Waals surface area contributed by atoms with Crippen LogP contribution < -0.4 is 16.0 Å². The van der Waals surface area contributed by atoms with Crippen molar-refractivity contribution in [2.45, 2.75) is 50.8 Å². The third kappa shape index (κ3) is 4.13. The highest BCUT2D eigenvalue weighted by atomic mass is 16.3. The van der Waals surface area contributed by atoms with Crippen molar-refractivity contribution in [1.29, 1.82) is 0 Å². The molecule has 4 aliphatic rings. The van der Waals surface area contributed by atoms with Gasteiger partial charge in [-0.1, -0.05) is 0 Å². The van der Waals surface area contributed by atoms with E-state index in [9.17, 15) is 39.6 Å². The number of anilines is 1. The van der Waals surface area contributed by atoms with E-state index >= 15 is 0 Å². The molecule has 5 rings (SSSR count). The minimum Gasteiger partial charge on any atom is -0.508 e. The molecule has 0 spiro atoms. The summed E-state index contributed by atoms with van der Waals surface area (Å²) < 4.78 is 0. The number of nitrogens with two attached hydrogens (primary N) is 1. The van der Waals surface area contributed by atoms with Gasteiger partial charge in [-0.15, -0.1) is 0 Å². The molecule has 1 aromatic rings. The summed E-state index contributed by atoms with van der Waals surface area (Å²) in [6.07, 6.45) is 0.744. The Morgan fingerprint density at radius 3 is 2.52 bits per heavy atom. The first-order valence-corrected chi connectivity index (χ1v) is 13.3. The van der Waals surface area contributed by atoms with Gasteiger partial charge in [-0.3, -0.25) is 24.1 Å². The van der Waals surface area contributed by atoms with E-state index in [1.54, 1.807) is 6.07 Å². The molecule has 0 aromatic heterocycles. The Balaban J connectivity index is 1.57. The average molecular weight is 555 g/mol. The first kappa shape index (κ1) is 27.7. The van der Waals surface area contributed by atoms with Crippen LogP contribution in [0.2, 0.25) is 0 Å². The van der Waals surface area contributed by atoms with Crippen molar-refractivity contribution in [3.8, 4) is 5.75 Å². The molecule has 2 amide bonds. The van der Waals surface area contributed by atoms with E-state index in [1.807, 2.05) is 19.0 Å². The normalized spacial score (nSPS) is 28.2. The van der Waals surface area contributed by atoms with Gasteiger partial charge in [-0.2, -0.15) is 0 Å². The summed E-state index contributed by atoms with van der Waals surface area (Å²) >= 11 is 0. The number of primary amides is 1. The molecule has 0 radical (unpaired) electrons. The lowest BCUT2D eigenvalue weighted by Gasteiger charge is -2.46. The lowest BCUT2D eigenvalue weighted by atomic mass is 9.59. The molecule has 1 saturated carbocycles. The standard InChI is InChI=1S/C28H34N4O8/c1-12(33)30-16-4-5-32(11-16)10-14-8-18(34)21-17(23(14)31(2)3)7-13-6-15-9-19(35)22(27(29)39)26(38)28(15,40)25(37)20(13)24(21)36/h8,13,15-16,34,36,38,40H,4-7,9-11H2,1-3H3,(H2,29,39)(H,30,33)/t13?,15-,16+,28-/m0/s1. The molecule has 1 unspecified atom stereocenters. The number of aromatic hydroxyl groups is 1. The molecular weight excluding hydrogens is 520 g/mol. The Morgan fingerprint density at radius 2 is 1.90 bits per heavy atom. The second-order valence-corrected chi connectivity index (χ2v) is 11.5. The number of rotatable bonds is 5. The molecule has 12 heteroatoms. The van der Waals surface area contributed by atoms with Crippen LogP contribution in [-0.4, -0.2) is 87.5 Å². The summed E-state index contributed by atoms with van der Waals surface area (Å²) in [5.74, 6) is -6.57. The number of hydrogen-bond acceptors (Lipinski definition) is 10. The molecule has 1 heterocycles. The number of phenols is 1. The summed E-state index contributed by atoms with van der Waals surface area (Å²) in [5.41, 5.74) is 3.95. The third-order valence-electron chi connectivity index (χ3n) is 8.64. The fraction of sp³-hybridized carbons (Fsp3) is 0.500. The van der Waals surface area contributed by atoms with Crippen molar-refractivity contribution in [3.63, 3.8) is 0 Å². The fourth-order valence-corrected chi connectivity index (χ4v) is 7.05. The van der Waals surface area contributed by atoms with E-state index in [2.05, 4.69) is 10.2 Å². The van der Waals surface area contributed by atoms with Gasteiger partial charge in [0, 0.05) is 70.3 Å². The Kier molecular flexibility index (Phi) is 6.66. The highest BCUT2D eigenvalue weighted by molar-refractivity contribution is 6.22. The number of amides is 2. The number of Topliss-reactive ketones (excluding diaryl/α,β-unsaturated/α-hetero) is 2. The van der Waals surface area contributed by atoms with Gasteiger partial charge in [0.25, 0.3) is 5.91 Å². The van der Waals surface area contributed by atoms with Crippen LogP contribution in [0.15, 0.2) is 23.0 Å². The molecule has 3 aliphatic carbocycles. The van der Waals surface area contributed by atoms with Crippen LogP contribution in [0.4, 0.5) is 5.69 Å². The van der Waals surface area contributed by atoms with E-state index in [4.69, 9.17) is 5.73 Å². The first-order chi connectivity index (χ1) is 18.7. The van der Waals surface area contributed by atoms with E-state index in [0.29, 0.717) is 18.7 Å². The third-order valence-corrected chi connectivity index (χ3v) is 8.64. The van der Waals surface area contributed by atoms with Crippen molar-refractivity contribution in [1.82, 2.24) is 10.2 Å². The van der Waals surface area contributed by atoms with Gasteiger partial charge in [0.1, 0.15) is 22.8 Å². The average Bonchev–Trinajstić information content (AvgIpc) is 3.26. The minimum atomic E-state index is -2.59. The Labute approximate surface area is 230 Å². The maximum absolute atomic E-state index is 13.7. The molecule has 1 aliphatic heterocycles. The summed E-state index contributed by atoms with van der Waals surface area (Å²) in [6.45, 7) is 3.36. The second kappa shape index (κ2) is 9.63. The van der Waals surface area contributed by atoms with Gasteiger partial charge >= 0.3 is 0 Å². The minimum absolute atomic E-state index is 0.0341. The maximum Gasteiger partial charge on any atom is 0.255 e. The Hall–Kier alpha value is -3.90. The van der Waals surface area contributed by atoms with E-state index < -0.39 is 52.0 Å². The van der Waals surface area contributed by atoms with Crippen LogP contribution in [0.3, 0.4) is 0 Å². The number of phenolic OH excluding ortho intramolecular Hbond substituents is 1. The zero-order chi connectivity index (χ0) is 29.3. The number of likely N-dealkylation sites (tertiary alicyclic amines) is 1. The molecule has 1 aromatic carbocycles. The topological polar surface area (TPSA) is 194 Å². The zero-order valence-corrected chi connectivity index (χ0v) is 22.7. The fourth-order valence-electron chi connectivity index (χ4n) is 7.05. The molecule has 12 nitrogen and oxygen atoms in total. The summed E-state index contributed by atoms with van der Waals surface area (Å²) in [7, 11) is 3.69. The monoisotopic (exact) mass is 554 g/mol. The number of fused-ring (bicyclic) bond motifs is 3. The number of nitrogens with zero attached hydrogens (tertiary/aromatic N) is 2. The van der Waals surface area contributed by atoms with Gasteiger partial charge in [0.05, 0.1) is 5.56 Å². The van der Waals surface area contributed by atoms with Gasteiger partial charge < -0.3 is 36.4 Å². The summed E-state index contributed by atoms with van der Waals surface area (Å²) in [5, 5.41) is 47.5. The van der Waals surface area contributed by atoms with Gasteiger partial charge in [0.15, 0.2) is 11.4 Å². The number of carbonyl (C=O) groups excluding carboxylic acids is 4. The number of hydrogen-bond donors (Lipinski definition) is 6. The molecule has 1 saturated heterocycles. The molecule has 40 heavy (non-hydrogen) atoms. The predicted octanol–water partition coefficient (Wildman–Crippen LogP) is 0.200. The van der Waals surface area contributed by atoms with Crippen molar-refractivity contribution in [2.75, 3.05) is 32.1 Å². The van der Waals surface area contributed by atoms with Crippen LogP contribution in [0.1, 0.15) is 42.9 Å². The molecule has 214 valence electrons. The highest BCUT2D eigenvalue weighted by Gasteiger charge is 2.60. The van der Waals surface area contributed by atoms with Crippen molar-refractivity contribution in [2.24, 2.45) is 17.6 Å². The molecular formula is C28H34N4O8. The molecule has 7 N–H and O–H groups in total. The lowest BCUT2D eigenvalue weighted by molar-refractivity contribution is -0.147.